The molecule has 0 aliphatic rings. The van der Waals surface area contributed by atoms with Gasteiger partial charge in [0.1, 0.15) is 6.54 Å². The minimum absolute atomic E-state index is 0.104. The van der Waals surface area contributed by atoms with Gasteiger partial charge >= 0.3 is 0 Å². The van der Waals surface area contributed by atoms with Gasteiger partial charge in [0.2, 0.25) is 5.91 Å². The molecule has 0 unspecified atom stereocenters. The molecule has 1 amide bonds. The molecule has 2 heterocycles. The van der Waals surface area contributed by atoms with Crippen LogP contribution >= 0.6 is 0 Å². The molecule has 0 radical (unpaired) electrons. The molecule has 3 rings (SSSR count). The molecule has 0 fully saturated rings. The maximum absolute atomic E-state index is 12.3. The Morgan fingerprint density at radius 1 is 1.04 bits per heavy atom. The average Bonchev–Trinajstić information content (AvgIpc) is 3.08. The van der Waals surface area contributed by atoms with E-state index in [0.29, 0.717) is 6.54 Å². The average molecular weight is 337 g/mol. The van der Waals surface area contributed by atoms with Crippen LogP contribution in [0.2, 0.25) is 0 Å². The van der Waals surface area contributed by atoms with E-state index >= 15 is 0 Å². The molecule has 0 bridgehead atoms. The maximum Gasteiger partial charge on any atom is 0.246 e. The summed E-state index contributed by atoms with van der Waals surface area (Å²) in [5.41, 5.74) is 5.92. The smallest absolute Gasteiger partial charge is 0.246 e. The van der Waals surface area contributed by atoms with E-state index in [9.17, 15) is 4.79 Å². The van der Waals surface area contributed by atoms with Crippen LogP contribution in [-0.2, 0) is 17.9 Å². The second-order valence-electron chi connectivity index (χ2n) is 6.37. The number of benzene rings is 1. The Labute approximate surface area is 147 Å². The number of nitrogens with one attached hydrogen (secondary N) is 1. The number of aryl methyl sites for hydroxylation is 3. The number of rotatable bonds is 5. The Morgan fingerprint density at radius 3 is 2.40 bits per heavy atom. The van der Waals surface area contributed by atoms with E-state index in [1.54, 1.807) is 10.9 Å². The third kappa shape index (κ3) is 3.79. The van der Waals surface area contributed by atoms with Gasteiger partial charge in [0.15, 0.2) is 0 Å². The molecule has 3 aromatic rings. The van der Waals surface area contributed by atoms with Gasteiger partial charge in [0.25, 0.3) is 0 Å². The Kier molecular flexibility index (Phi) is 4.70. The molecule has 25 heavy (non-hydrogen) atoms. The number of nitrogens with zero attached hydrogens (tertiary/aromatic N) is 4. The minimum Gasteiger partial charge on any atom is -0.321 e. The van der Waals surface area contributed by atoms with Crippen molar-refractivity contribution in [2.24, 2.45) is 0 Å². The van der Waals surface area contributed by atoms with Gasteiger partial charge < -0.3 is 5.32 Å². The first-order valence-corrected chi connectivity index (χ1v) is 8.32. The number of hydrogen-bond donors (Lipinski definition) is 1. The van der Waals surface area contributed by atoms with E-state index in [-0.39, 0.29) is 12.5 Å². The van der Waals surface area contributed by atoms with E-state index in [4.69, 9.17) is 0 Å². The minimum atomic E-state index is -0.104. The van der Waals surface area contributed by atoms with Crippen molar-refractivity contribution in [3.05, 3.63) is 64.7 Å². The van der Waals surface area contributed by atoms with Crippen molar-refractivity contribution in [3.8, 4) is 0 Å². The summed E-state index contributed by atoms with van der Waals surface area (Å²) in [4.78, 5) is 12.3. The van der Waals surface area contributed by atoms with Crippen molar-refractivity contribution in [1.29, 1.82) is 0 Å². The number of aromatic nitrogens is 4. The molecule has 0 aliphatic carbocycles. The molecule has 6 heteroatoms. The zero-order valence-electron chi connectivity index (χ0n) is 15.1. The van der Waals surface area contributed by atoms with Gasteiger partial charge in [0, 0.05) is 11.9 Å². The van der Waals surface area contributed by atoms with E-state index < -0.39 is 0 Å². The van der Waals surface area contributed by atoms with Crippen LogP contribution in [0.4, 0.5) is 5.69 Å². The summed E-state index contributed by atoms with van der Waals surface area (Å²) in [6.07, 6.45) is 1.69. The normalized spacial score (nSPS) is 10.9. The standard InChI is InChI=1S/C19H23N5O/c1-13-5-7-17(8-6-13)11-24-16(4)19(15(3)22-24)21-18(25)12-23-14(2)9-10-20-23/h5-10H,11-12H2,1-4H3,(H,21,25). The molecule has 6 nitrogen and oxygen atoms in total. The maximum atomic E-state index is 12.3. The molecule has 0 spiro atoms. The lowest BCUT2D eigenvalue weighted by Gasteiger charge is -2.08. The number of amides is 1. The number of carbonyl (C=O) groups excluding carboxylic acids is 1. The molecule has 0 aliphatic heterocycles. The van der Waals surface area contributed by atoms with E-state index in [0.717, 1.165) is 22.8 Å². The summed E-state index contributed by atoms with van der Waals surface area (Å²) >= 11 is 0. The first kappa shape index (κ1) is 17.0. The van der Waals surface area contributed by atoms with Crippen LogP contribution in [0.15, 0.2) is 36.5 Å². The van der Waals surface area contributed by atoms with Crippen LogP contribution in [0.5, 0.6) is 0 Å². The van der Waals surface area contributed by atoms with Gasteiger partial charge in [-0.25, -0.2) is 0 Å². The van der Waals surface area contributed by atoms with Crippen molar-refractivity contribution < 1.29 is 4.79 Å². The second-order valence-corrected chi connectivity index (χ2v) is 6.37. The lowest BCUT2D eigenvalue weighted by Crippen LogP contribution is -2.21. The zero-order valence-corrected chi connectivity index (χ0v) is 15.1. The summed E-state index contributed by atoms with van der Waals surface area (Å²) < 4.78 is 3.60. The van der Waals surface area contributed by atoms with Crippen molar-refractivity contribution >= 4 is 11.6 Å². The zero-order chi connectivity index (χ0) is 18.0. The highest BCUT2D eigenvalue weighted by Crippen LogP contribution is 2.20. The molecular weight excluding hydrogens is 314 g/mol. The second kappa shape index (κ2) is 6.93. The third-order valence-corrected chi connectivity index (χ3v) is 4.32. The molecule has 0 saturated heterocycles. The van der Waals surface area contributed by atoms with Crippen LogP contribution in [0.3, 0.4) is 0 Å². The lowest BCUT2D eigenvalue weighted by molar-refractivity contribution is -0.116. The highest BCUT2D eigenvalue weighted by atomic mass is 16.2. The Morgan fingerprint density at radius 2 is 1.76 bits per heavy atom. The molecule has 1 aromatic carbocycles. The first-order chi connectivity index (χ1) is 11.9. The number of anilines is 1. The van der Waals surface area contributed by atoms with Gasteiger partial charge in [-0.05, 0) is 39.3 Å². The summed E-state index contributed by atoms with van der Waals surface area (Å²) in [5, 5.41) is 11.7. The largest absolute Gasteiger partial charge is 0.321 e. The number of hydrogen-bond acceptors (Lipinski definition) is 3. The third-order valence-electron chi connectivity index (χ3n) is 4.32. The molecule has 2 aromatic heterocycles. The molecule has 0 atom stereocenters. The van der Waals surface area contributed by atoms with Crippen molar-refractivity contribution in [2.45, 2.75) is 40.8 Å². The Bertz CT molecular complexity index is 889. The summed E-state index contributed by atoms with van der Waals surface area (Å²) in [5.74, 6) is -0.104. The SMILES string of the molecule is Cc1ccc(Cn2nc(C)c(NC(=O)Cn3nccc3C)c2C)cc1. The Hall–Kier alpha value is -2.89. The monoisotopic (exact) mass is 337 g/mol. The van der Waals surface area contributed by atoms with Crippen LogP contribution in [0.25, 0.3) is 0 Å². The predicted molar refractivity (Wildman–Crippen MR) is 97.6 cm³/mol. The molecular formula is C19H23N5O. The molecule has 1 N–H and O–H groups in total. The van der Waals surface area contributed by atoms with Gasteiger partial charge in [-0.15, -0.1) is 0 Å². The fourth-order valence-corrected chi connectivity index (χ4v) is 2.78. The fraction of sp³-hybridized carbons (Fsp3) is 0.316. The lowest BCUT2D eigenvalue weighted by atomic mass is 10.1. The highest BCUT2D eigenvalue weighted by molar-refractivity contribution is 5.91. The highest BCUT2D eigenvalue weighted by Gasteiger charge is 2.15. The van der Waals surface area contributed by atoms with Gasteiger partial charge in [0.05, 0.1) is 23.6 Å². The first-order valence-electron chi connectivity index (χ1n) is 8.32. The quantitative estimate of drug-likeness (QED) is 0.778. The van der Waals surface area contributed by atoms with Crippen molar-refractivity contribution in [3.63, 3.8) is 0 Å². The molecule has 130 valence electrons. The van der Waals surface area contributed by atoms with Crippen LogP contribution in [0, 0.1) is 27.7 Å². The number of carbonyl (C=O) groups is 1. The molecule has 0 saturated carbocycles. The summed E-state index contributed by atoms with van der Waals surface area (Å²) in [7, 11) is 0. The van der Waals surface area contributed by atoms with Crippen molar-refractivity contribution in [2.75, 3.05) is 5.32 Å². The van der Waals surface area contributed by atoms with Crippen LogP contribution < -0.4 is 5.32 Å². The van der Waals surface area contributed by atoms with Gasteiger partial charge in [-0.1, -0.05) is 29.8 Å². The summed E-state index contributed by atoms with van der Waals surface area (Å²) in [6, 6.07) is 10.3. The van der Waals surface area contributed by atoms with Crippen LogP contribution in [0.1, 0.15) is 28.2 Å². The predicted octanol–water partition coefficient (Wildman–Crippen LogP) is 3.00. The van der Waals surface area contributed by atoms with Gasteiger partial charge in [-0.2, -0.15) is 10.2 Å². The van der Waals surface area contributed by atoms with Crippen LogP contribution in [-0.4, -0.2) is 25.5 Å². The topological polar surface area (TPSA) is 64.7 Å². The Balaban J connectivity index is 1.74. The van der Waals surface area contributed by atoms with Crippen molar-refractivity contribution in [1.82, 2.24) is 19.6 Å². The fourth-order valence-electron chi connectivity index (χ4n) is 2.78. The van der Waals surface area contributed by atoms with Gasteiger partial charge in [-0.3, -0.25) is 14.2 Å². The summed E-state index contributed by atoms with van der Waals surface area (Å²) in [6.45, 7) is 8.76. The van der Waals surface area contributed by atoms with E-state index in [1.807, 2.05) is 31.5 Å². The van der Waals surface area contributed by atoms with E-state index in [1.165, 1.54) is 11.1 Å². The van der Waals surface area contributed by atoms with E-state index in [2.05, 4.69) is 46.7 Å².